The minimum Gasteiger partial charge on any atom is -0.497 e. The van der Waals surface area contributed by atoms with E-state index in [4.69, 9.17) is 9.15 Å². The standard InChI is InChI=1S/C25H30N2O4S/c1-3-27(18-20-8-5-4-6-9-20)17-7-16-26-25(28)24-15-12-22(31-24)19-32(29)23-13-10-21(30-2)11-14-23/h4-6,8-15H,3,7,16-19H2,1-2H3,(H,26,28)/t32-/m1/s1. The average Bonchev–Trinajstić information content (AvgIpc) is 3.30. The Morgan fingerprint density at radius 2 is 1.81 bits per heavy atom. The zero-order chi connectivity index (χ0) is 22.8. The van der Waals surface area contributed by atoms with Crippen LogP contribution in [0.5, 0.6) is 5.75 Å². The van der Waals surface area contributed by atoms with Crippen LogP contribution in [-0.4, -0.2) is 41.8 Å². The Hall–Kier alpha value is -2.90. The molecule has 3 rings (SSSR count). The number of ether oxygens (including phenoxy) is 1. The molecule has 1 atom stereocenters. The molecule has 1 N–H and O–H groups in total. The Kier molecular flexibility index (Phi) is 9.07. The molecule has 7 heteroatoms. The third kappa shape index (κ3) is 7.07. The summed E-state index contributed by atoms with van der Waals surface area (Å²) in [5, 5.41) is 2.90. The van der Waals surface area contributed by atoms with Crippen molar-refractivity contribution < 1.29 is 18.2 Å². The summed E-state index contributed by atoms with van der Waals surface area (Å²) in [6.07, 6.45) is 0.849. The van der Waals surface area contributed by atoms with Crippen molar-refractivity contribution in [3.63, 3.8) is 0 Å². The maximum absolute atomic E-state index is 12.5. The topological polar surface area (TPSA) is 71.8 Å². The number of nitrogens with one attached hydrogen (secondary N) is 1. The van der Waals surface area contributed by atoms with E-state index in [0.717, 1.165) is 26.1 Å². The first-order valence-electron chi connectivity index (χ1n) is 10.7. The van der Waals surface area contributed by atoms with Gasteiger partial charge in [-0.1, -0.05) is 37.3 Å². The number of furan rings is 1. The molecule has 0 bridgehead atoms. The highest BCUT2D eigenvalue weighted by molar-refractivity contribution is 7.84. The highest BCUT2D eigenvalue weighted by Gasteiger charge is 2.14. The maximum Gasteiger partial charge on any atom is 0.286 e. The lowest BCUT2D eigenvalue weighted by molar-refractivity contribution is 0.0922. The molecule has 0 radical (unpaired) electrons. The van der Waals surface area contributed by atoms with E-state index in [-0.39, 0.29) is 17.4 Å². The Morgan fingerprint density at radius 3 is 2.50 bits per heavy atom. The highest BCUT2D eigenvalue weighted by Crippen LogP contribution is 2.18. The van der Waals surface area contributed by atoms with Crippen molar-refractivity contribution >= 4 is 16.7 Å². The van der Waals surface area contributed by atoms with Crippen LogP contribution in [0.25, 0.3) is 0 Å². The first-order valence-corrected chi connectivity index (χ1v) is 12.1. The smallest absolute Gasteiger partial charge is 0.286 e. The Bertz CT molecular complexity index is 1000. The van der Waals surface area contributed by atoms with Gasteiger partial charge >= 0.3 is 0 Å². The van der Waals surface area contributed by atoms with Crippen LogP contribution >= 0.6 is 0 Å². The van der Waals surface area contributed by atoms with E-state index in [1.165, 1.54) is 5.56 Å². The fourth-order valence-electron chi connectivity index (χ4n) is 3.30. The van der Waals surface area contributed by atoms with Crippen LogP contribution in [0.4, 0.5) is 0 Å². The second-order valence-corrected chi connectivity index (χ2v) is 8.85. The van der Waals surface area contributed by atoms with Crippen LogP contribution in [-0.2, 0) is 23.1 Å². The SMILES string of the molecule is CCN(CCCNC(=O)c1ccc(C[S@@](=O)c2ccc(OC)cc2)o1)Cc1ccccc1. The summed E-state index contributed by atoms with van der Waals surface area (Å²) in [7, 11) is 0.328. The molecule has 32 heavy (non-hydrogen) atoms. The van der Waals surface area contributed by atoms with E-state index in [2.05, 4.69) is 29.3 Å². The molecule has 0 spiro atoms. The molecule has 1 heterocycles. The van der Waals surface area contributed by atoms with Gasteiger partial charge in [0, 0.05) is 24.5 Å². The molecule has 3 aromatic rings. The van der Waals surface area contributed by atoms with E-state index in [0.29, 0.717) is 22.9 Å². The highest BCUT2D eigenvalue weighted by atomic mass is 32.2. The van der Waals surface area contributed by atoms with Crippen LogP contribution < -0.4 is 10.1 Å². The number of benzene rings is 2. The van der Waals surface area contributed by atoms with Gasteiger partial charge in [0.15, 0.2) is 5.76 Å². The van der Waals surface area contributed by atoms with Gasteiger partial charge in [-0.25, -0.2) is 0 Å². The van der Waals surface area contributed by atoms with Gasteiger partial charge < -0.3 is 14.5 Å². The fraction of sp³-hybridized carbons (Fsp3) is 0.320. The van der Waals surface area contributed by atoms with Crippen LogP contribution in [0.1, 0.15) is 35.2 Å². The molecule has 6 nitrogen and oxygen atoms in total. The number of amides is 1. The number of carbonyl (C=O) groups is 1. The molecule has 170 valence electrons. The molecule has 2 aromatic carbocycles. The van der Waals surface area contributed by atoms with Gasteiger partial charge in [-0.3, -0.25) is 13.9 Å². The largest absolute Gasteiger partial charge is 0.497 e. The van der Waals surface area contributed by atoms with E-state index < -0.39 is 10.8 Å². The Balaban J connectivity index is 1.42. The normalized spacial score (nSPS) is 12.0. The van der Waals surface area contributed by atoms with Crippen LogP contribution in [0.15, 0.2) is 76.0 Å². The molecule has 0 unspecified atom stereocenters. The molecule has 0 aliphatic heterocycles. The molecule has 0 fully saturated rings. The minimum absolute atomic E-state index is 0.213. The molecule has 0 aliphatic carbocycles. The maximum atomic E-state index is 12.5. The fourth-order valence-corrected chi connectivity index (χ4v) is 4.32. The molecule has 0 aliphatic rings. The first-order chi connectivity index (χ1) is 15.6. The first kappa shape index (κ1) is 23.8. The lowest BCUT2D eigenvalue weighted by Crippen LogP contribution is -2.29. The van der Waals surface area contributed by atoms with Crippen LogP contribution in [0.3, 0.4) is 0 Å². The second-order valence-electron chi connectivity index (χ2n) is 7.40. The summed E-state index contributed by atoms with van der Waals surface area (Å²) in [6, 6.07) is 20.8. The van der Waals surface area contributed by atoms with Crippen molar-refractivity contribution in [1.82, 2.24) is 10.2 Å². The van der Waals surface area contributed by atoms with Gasteiger partial charge in [-0.15, -0.1) is 0 Å². The van der Waals surface area contributed by atoms with E-state index in [1.54, 1.807) is 43.5 Å². The summed E-state index contributed by atoms with van der Waals surface area (Å²) in [5.41, 5.74) is 1.29. The quantitative estimate of drug-likeness (QED) is 0.415. The predicted octanol–water partition coefficient (Wildman–Crippen LogP) is 4.24. The average molecular weight is 455 g/mol. The Labute approximate surface area is 192 Å². The van der Waals surface area contributed by atoms with Crippen LogP contribution in [0, 0.1) is 0 Å². The summed E-state index contributed by atoms with van der Waals surface area (Å²) in [5.74, 6) is 1.43. The van der Waals surface area contributed by atoms with Crippen molar-refractivity contribution in [2.75, 3.05) is 26.7 Å². The van der Waals surface area contributed by atoms with Gasteiger partial charge in [0.25, 0.3) is 5.91 Å². The molecular formula is C25H30N2O4S. The monoisotopic (exact) mass is 454 g/mol. The minimum atomic E-state index is -1.26. The summed E-state index contributed by atoms with van der Waals surface area (Å²) in [6.45, 7) is 5.46. The third-order valence-corrected chi connectivity index (χ3v) is 6.46. The second kappa shape index (κ2) is 12.2. The van der Waals surface area contributed by atoms with Crippen molar-refractivity contribution in [3.05, 3.63) is 83.8 Å². The molecule has 1 amide bonds. The van der Waals surface area contributed by atoms with Gasteiger partial charge in [0.05, 0.1) is 23.7 Å². The summed E-state index contributed by atoms with van der Waals surface area (Å²) in [4.78, 5) is 15.4. The lowest BCUT2D eigenvalue weighted by Gasteiger charge is -2.20. The van der Waals surface area contributed by atoms with Crippen molar-refractivity contribution in [2.24, 2.45) is 0 Å². The van der Waals surface area contributed by atoms with E-state index in [1.807, 2.05) is 18.2 Å². The zero-order valence-corrected chi connectivity index (χ0v) is 19.4. The lowest BCUT2D eigenvalue weighted by atomic mass is 10.2. The van der Waals surface area contributed by atoms with Crippen LogP contribution in [0.2, 0.25) is 0 Å². The van der Waals surface area contributed by atoms with Gasteiger partial charge in [0.2, 0.25) is 0 Å². The van der Waals surface area contributed by atoms with E-state index in [9.17, 15) is 9.00 Å². The van der Waals surface area contributed by atoms with Gasteiger partial charge in [0.1, 0.15) is 11.5 Å². The summed E-state index contributed by atoms with van der Waals surface area (Å²) < 4.78 is 23.3. The number of nitrogens with zero attached hydrogens (tertiary/aromatic N) is 1. The zero-order valence-electron chi connectivity index (χ0n) is 18.6. The number of methoxy groups -OCH3 is 1. The number of hydrogen-bond acceptors (Lipinski definition) is 5. The number of rotatable bonds is 12. The number of hydrogen-bond donors (Lipinski definition) is 1. The van der Waals surface area contributed by atoms with Gasteiger partial charge in [-0.05, 0) is 54.9 Å². The van der Waals surface area contributed by atoms with Crippen molar-refractivity contribution in [2.45, 2.75) is 30.5 Å². The third-order valence-electron chi connectivity index (χ3n) is 5.11. The molecule has 0 saturated carbocycles. The molecule has 0 saturated heterocycles. The summed E-state index contributed by atoms with van der Waals surface area (Å²) >= 11 is 0. The van der Waals surface area contributed by atoms with E-state index >= 15 is 0 Å². The predicted molar refractivity (Wildman–Crippen MR) is 126 cm³/mol. The Morgan fingerprint density at radius 1 is 1.06 bits per heavy atom. The molecular weight excluding hydrogens is 424 g/mol. The van der Waals surface area contributed by atoms with Crippen molar-refractivity contribution in [1.29, 1.82) is 0 Å². The van der Waals surface area contributed by atoms with Gasteiger partial charge in [-0.2, -0.15) is 0 Å². The molecule has 1 aromatic heterocycles. The number of carbonyl (C=O) groups excluding carboxylic acids is 1. The van der Waals surface area contributed by atoms with Crippen molar-refractivity contribution in [3.8, 4) is 5.75 Å².